The summed E-state index contributed by atoms with van der Waals surface area (Å²) in [5.74, 6) is 1.14. The summed E-state index contributed by atoms with van der Waals surface area (Å²) in [6.45, 7) is 4.42. The van der Waals surface area contributed by atoms with Gasteiger partial charge in [-0.25, -0.2) is 0 Å². The van der Waals surface area contributed by atoms with Crippen molar-refractivity contribution in [1.29, 1.82) is 0 Å². The van der Waals surface area contributed by atoms with Gasteiger partial charge in [0.2, 0.25) is 0 Å². The van der Waals surface area contributed by atoms with E-state index in [9.17, 15) is 5.11 Å². The van der Waals surface area contributed by atoms with E-state index in [4.69, 9.17) is 4.74 Å². The van der Waals surface area contributed by atoms with Crippen LogP contribution in [0.5, 0.6) is 11.5 Å². The van der Waals surface area contributed by atoms with Crippen molar-refractivity contribution in [2.24, 2.45) is 0 Å². The summed E-state index contributed by atoms with van der Waals surface area (Å²) in [6.07, 6.45) is 0. The number of ether oxygens (including phenoxy) is 1. The summed E-state index contributed by atoms with van der Waals surface area (Å²) in [4.78, 5) is 0. The normalized spacial score (nSPS) is 14.7. The van der Waals surface area contributed by atoms with Crippen molar-refractivity contribution in [1.82, 2.24) is 0 Å². The molecule has 0 unspecified atom stereocenters. The zero-order valence-electron chi connectivity index (χ0n) is 13.0. The Morgan fingerprint density at radius 1 is 0.909 bits per heavy atom. The molecule has 0 fully saturated rings. The Hall–Kier alpha value is -2.48. The number of rotatable bonds is 1. The third-order valence-electron chi connectivity index (χ3n) is 4.87. The molecule has 22 heavy (non-hydrogen) atoms. The molecule has 0 bridgehead atoms. The van der Waals surface area contributed by atoms with Crippen molar-refractivity contribution in [3.05, 3.63) is 59.7 Å². The zero-order valence-corrected chi connectivity index (χ0v) is 13.0. The Bertz CT molecular complexity index is 907. The first-order valence-electron chi connectivity index (χ1n) is 7.48. The minimum absolute atomic E-state index is 0.110. The third-order valence-corrected chi connectivity index (χ3v) is 4.87. The highest BCUT2D eigenvalue weighted by molar-refractivity contribution is 6.05. The van der Waals surface area contributed by atoms with Crippen LogP contribution in [0, 0.1) is 0 Å². The fraction of sp³-hybridized carbons (Fsp3) is 0.200. The lowest BCUT2D eigenvalue weighted by Crippen LogP contribution is -2.14. The third kappa shape index (κ3) is 1.55. The minimum atomic E-state index is -0.110. The Labute approximate surface area is 130 Å². The van der Waals surface area contributed by atoms with Gasteiger partial charge in [-0.15, -0.1) is 0 Å². The highest BCUT2D eigenvalue weighted by atomic mass is 16.5. The van der Waals surface area contributed by atoms with Gasteiger partial charge in [0.1, 0.15) is 11.5 Å². The molecule has 0 saturated carbocycles. The molecule has 0 heterocycles. The van der Waals surface area contributed by atoms with Gasteiger partial charge >= 0.3 is 0 Å². The molecule has 0 radical (unpaired) electrons. The molecule has 110 valence electrons. The van der Waals surface area contributed by atoms with E-state index in [0.29, 0.717) is 5.75 Å². The second-order valence-electron chi connectivity index (χ2n) is 6.40. The van der Waals surface area contributed by atoms with Crippen LogP contribution in [0.4, 0.5) is 0 Å². The quantitative estimate of drug-likeness (QED) is 0.693. The fourth-order valence-corrected chi connectivity index (χ4v) is 3.69. The van der Waals surface area contributed by atoms with E-state index >= 15 is 0 Å². The number of phenols is 1. The highest BCUT2D eigenvalue weighted by Gasteiger charge is 2.36. The molecule has 0 amide bonds. The van der Waals surface area contributed by atoms with Crippen molar-refractivity contribution < 1.29 is 9.84 Å². The Kier molecular flexibility index (Phi) is 2.56. The lowest BCUT2D eigenvalue weighted by molar-refractivity contribution is 0.415. The summed E-state index contributed by atoms with van der Waals surface area (Å²) >= 11 is 0. The molecule has 1 aliphatic rings. The van der Waals surface area contributed by atoms with Gasteiger partial charge in [-0.05, 0) is 51.9 Å². The Morgan fingerprint density at radius 2 is 1.68 bits per heavy atom. The largest absolute Gasteiger partial charge is 0.507 e. The summed E-state index contributed by atoms with van der Waals surface area (Å²) in [7, 11) is 1.67. The average molecular weight is 290 g/mol. The van der Waals surface area contributed by atoms with E-state index in [1.54, 1.807) is 7.11 Å². The van der Waals surface area contributed by atoms with Crippen molar-refractivity contribution in [3.63, 3.8) is 0 Å². The van der Waals surface area contributed by atoms with Crippen molar-refractivity contribution >= 4 is 10.8 Å². The lowest BCUT2D eigenvalue weighted by atomic mass is 9.82. The average Bonchev–Trinajstić information content (AvgIpc) is 2.76. The first kappa shape index (κ1) is 13.2. The maximum absolute atomic E-state index is 10.5. The molecule has 2 heteroatoms. The van der Waals surface area contributed by atoms with Crippen molar-refractivity contribution in [3.8, 4) is 22.6 Å². The smallest absolute Gasteiger partial charge is 0.123 e. The molecule has 3 aromatic carbocycles. The number of fused-ring (bicyclic) bond motifs is 5. The Morgan fingerprint density at radius 3 is 2.45 bits per heavy atom. The number of benzene rings is 3. The maximum Gasteiger partial charge on any atom is 0.123 e. The number of hydrogen-bond donors (Lipinski definition) is 1. The second-order valence-corrected chi connectivity index (χ2v) is 6.40. The molecule has 4 rings (SSSR count). The minimum Gasteiger partial charge on any atom is -0.507 e. The zero-order chi connectivity index (χ0) is 15.5. The van der Waals surface area contributed by atoms with Crippen LogP contribution in [-0.2, 0) is 5.41 Å². The highest BCUT2D eigenvalue weighted by Crippen LogP contribution is 2.53. The summed E-state index contributed by atoms with van der Waals surface area (Å²) in [6, 6.07) is 16.3. The number of aromatic hydroxyl groups is 1. The first-order valence-corrected chi connectivity index (χ1v) is 7.48. The van der Waals surface area contributed by atoms with Gasteiger partial charge in [-0.3, -0.25) is 0 Å². The van der Waals surface area contributed by atoms with Crippen LogP contribution in [0.2, 0.25) is 0 Å². The number of phenolic OH excluding ortho intramolecular Hbond substituents is 1. The summed E-state index contributed by atoms with van der Waals surface area (Å²) in [5.41, 5.74) is 4.83. The fourth-order valence-electron chi connectivity index (χ4n) is 3.69. The first-order chi connectivity index (χ1) is 10.5. The molecule has 0 aliphatic heterocycles. The molecule has 1 N–H and O–H groups in total. The van der Waals surface area contributed by atoms with Crippen LogP contribution in [0.3, 0.4) is 0 Å². The molecule has 0 atom stereocenters. The topological polar surface area (TPSA) is 29.5 Å². The van der Waals surface area contributed by atoms with Gasteiger partial charge < -0.3 is 9.84 Å². The molecule has 0 spiro atoms. The second kappa shape index (κ2) is 4.26. The lowest BCUT2D eigenvalue weighted by Gasteiger charge is -2.22. The predicted molar refractivity (Wildman–Crippen MR) is 89.7 cm³/mol. The number of hydrogen-bond acceptors (Lipinski definition) is 2. The molecule has 3 aromatic rings. The van der Waals surface area contributed by atoms with E-state index in [1.165, 1.54) is 22.3 Å². The molecule has 2 nitrogen and oxygen atoms in total. The van der Waals surface area contributed by atoms with Crippen LogP contribution in [-0.4, -0.2) is 12.2 Å². The molecule has 1 aliphatic carbocycles. The van der Waals surface area contributed by atoms with E-state index in [0.717, 1.165) is 16.5 Å². The van der Waals surface area contributed by atoms with Gasteiger partial charge in [-0.1, -0.05) is 38.1 Å². The van der Waals surface area contributed by atoms with Crippen molar-refractivity contribution in [2.75, 3.05) is 7.11 Å². The predicted octanol–water partition coefficient (Wildman–Crippen LogP) is 4.86. The molecular formula is C20H18O2. The monoisotopic (exact) mass is 290 g/mol. The summed E-state index contributed by atoms with van der Waals surface area (Å²) < 4.78 is 5.38. The van der Waals surface area contributed by atoms with Gasteiger partial charge in [-0.2, -0.15) is 0 Å². The van der Waals surface area contributed by atoms with E-state index < -0.39 is 0 Å². The van der Waals surface area contributed by atoms with Crippen LogP contribution >= 0.6 is 0 Å². The van der Waals surface area contributed by atoms with Crippen LogP contribution < -0.4 is 4.74 Å². The van der Waals surface area contributed by atoms with Gasteiger partial charge in [0, 0.05) is 10.8 Å². The van der Waals surface area contributed by atoms with Gasteiger partial charge in [0.15, 0.2) is 0 Å². The summed E-state index contributed by atoms with van der Waals surface area (Å²) in [5, 5.41) is 12.4. The molecule has 0 aromatic heterocycles. The maximum atomic E-state index is 10.5. The van der Waals surface area contributed by atoms with Crippen LogP contribution in [0.25, 0.3) is 21.9 Å². The van der Waals surface area contributed by atoms with E-state index in [-0.39, 0.29) is 5.41 Å². The Balaban J connectivity index is 2.20. The van der Waals surface area contributed by atoms with Crippen molar-refractivity contribution in [2.45, 2.75) is 19.3 Å². The van der Waals surface area contributed by atoms with Gasteiger partial charge in [0.05, 0.1) is 7.11 Å². The standard InChI is InChI=1S/C20H18O2/c1-20(2)16-7-5-4-6-14(16)19-15-10-12(22-3)8-9-13(15)18(21)11-17(19)20/h4-11,21H,1-3H3. The van der Waals surface area contributed by atoms with Crippen LogP contribution in [0.1, 0.15) is 25.0 Å². The molecular weight excluding hydrogens is 272 g/mol. The van der Waals surface area contributed by atoms with Gasteiger partial charge in [0.25, 0.3) is 0 Å². The molecule has 0 saturated heterocycles. The number of methoxy groups -OCH3 is 1. The van der Waals surface area contributed by atoms with Crippen LogP contribution in [0.15, 0.2) is 48.5 Å². The van der Waals surface area contributed by atoms with E-state index in [2.05, 4.69) is 38.1 Å². The van der Waals surface area contributed by atoms with E-state index in [1.807, 2.05) is 24.3 Å². The SMILES string of the molecule is COc1ccc2c(O)cc3c(c2c1)-c1ccccc1C3(C)C.